The van der Waals surface area contributed by atoms with Crippen LogP contribution in [0.3, 0.4) is 0 Å². The van der Waals surface area contributed by atoms with Crippen LogP contribution < -0.4 is 22.1 Å². The van der Waals surface area contributed by atoms with E-state index in [-0.39, 0.29) is 13.1 Å². The second-order valence-corrected chi connectivity index (χ2v) is 3.66. The van der Waals surface area contributed by atoms with E-state index in [1.807, 2.05) is 6.07 Å². The van der Waals surface area contributed by atoms with Crippen molar-refractivity contribution in [3.05, 3.63) is 29.8 Å². The van der Waals surface area contributed by atoms with Crippen LogP contribution in [0, 0.1) is 0 Å². The van der Waals surface area contributed by atoms with Gasteiger partial charge in [-0.1, -0.05) is 12.1 Å². The van der Waals surface area contributed by atoms with Crippen LogP contribution in [0.4, 0.5) is 5.69 Å². The number of hydrogen-bond donors (Lipinski definition) is 3. The lowest BCUT2D eigenvalue weighted by atomic mass is 10.2. The first-order valence-electron chi connectivity index (χ1n) is 5.13. The number of benzene rings is 1. The van der Waals surface area contributed by atoms with Crippen LogP contribution in [0.15, 0.2) is 24.3 Å². The molecule has 0 bridgehead atoms. The Morgan fingerprint density at radius 3 is 2.18 bits per heavy atom. The maximum absolute atomic E-state index is 10.9. The molecule has 6 N–H and O–H groups in total. The molecule has 6 heteroatoms. The van der Waals surface area contributed by atoms with E-state index in [1.54, 1.807) is 18.2 Å². The average Bonchev–Trinajstić information content (AvgIpc) is 2.27. The van der Waals surface area contributed by atoms with Crippen molar-refractivity contribution in [2.45, 2.75) is 6.54 Å². The third-order valence-corrected chi connectivity index (χ3v) is 2.20. The number of carbonyl (C=O) groups is 2. The van der Waals surface area contributed by atoms with Crippen LogP contribution in [0.25, 0.3) is 0 Å². The lowest BCUT2D eigenvalue weighted by Crippen LogP contribution is -2.39. The number of amides is 2. The monoisotopic (exact) mass is 236 g/mol. The number of hydrogen-bond acceptors (Lipinski definition) is 4. The quantitative estimate of drug-likeness (QED) is 0.582. The second-order valence-electron chi connectivity index (χ2n) is 3.66. The standard InChI is InChI=1S/C11H16N4O2/c12-5-8-2-1-3-9(4-8)15(6-10(13)16)7-11(14)17/h1-4H,5-7,12H2,(H2,13,16)(H2,14,17). The fourth-order valence-electron chi connectivity index (χ4n) is 1.49. The van der Waals surface area contributed by atoms with Crippen molar-refractivity contribution in [2.75, 3.05) is 18.0 Å². The summed E-state index contributed by atoms with van der Waals surface area (Å²) in [6.07, 6.45) is 0. The largest absolute Gasteiger partial charge is 0.368 e. The molecule has 17 heavy (non-hydrogen) atoms. The summed E-state index contributed by atoms with van der Waals surface area (Å²) in [7, 11) is 0. The molecule has 1 rings (SSSR count). The third-order valence-electron chi connectivity index (χ3n) is 2.20. The van der Waals surface area contributed by atoms with Gasteiger partial charge in [-0.2, -0.15) is 0 Å². The number of primary amides is 2. The minimum absolute atomic E-state index is 0.0586. The Bertz CT molecular complexity index is 404. The van der Waals surface area contributed by atoms with Gasteiger partial charge >= 0.3 is 0 Å². The van der Waals surface area contributed by atoms with Gasteiger partial charge in [0.1, 0.15) is 0 Å². The van der Waals surface area contributed by atoms with Gasteiger partial charge in [-0.3, -0.25) is 9.59 Å². The fraction of sp³-hybridized carbons (Fsp3) is 0.273. The molecule has 0 fully saturated rings. The van der Waals surface area contributed by atoms with Gasteiger partial charge < -0.3 is 22.1 Å². The Morgan fingerprint density at radius 1 is 1.12 bits per heavy atom. The number of nitrogens with two attached hydrogens (primary N) is 3. The van der Waals surface area contributed by atoms with E-state index in [4.69, 9.17) is 17.2 Å². The first kappa shape index (κ1) is 13.0. The van der Waals surface area contributed by atoms with E-state index in [0.29, 0.717) is 12.2 Å². The van der Waals surface area contributed by atoms with Crippen LogP contribution in [0.2, 0.25) is 0 Å². The molecule has 0 aliphatic carbocycles. The van der Waals surface area contributed by atoms with Crippen molar-refractivity contribution in [3.63, 3.8) is 0 Å². The Kier molecular flexibility index (Phi) is 4.47. The maximum atomic E-state index is 10.9. The van der Waals surface area contributed by atoms with E-state index >= 15 is 0 Å². The van der Waals surface area contributed by atoms with Gasteiger partial charge in [0, 0.05) is 12.2 Å². The highest BCUT2D eigenvalue weighted by Gasteiger charge is 2.12. The minimum atomic E-state index is -0.524. The molecule has 0 saturated carbocycles. The molecule has 2 amide bonds. The highest BCUT2D eigenvalue weighted by molar-refractivity contribution is 5.84. The van der Waals surface area contributed by atoms with Crippen molar-refractivity contribution in [3.8, 4) is 0 Å². The van der Waals surface area contributed by atoms with Crippen LogP contribution in [0.5, 0.6) is 0 Å². The number of rotatable bonds is 6. The van der Waals surface area contributed by atoms with Crippen molar-refractivity contribution in [1.29, 1.82) is 0 Å². The predicted octanol–water partition coefficient (Wildman–Crippen LogP) is -1.08. The van der Waals surface area contributed by atoms with Crippen molar-refractivity contribution in [1.82, 2.24) is 0 Å². The van der Waals surface area contributed by atoms with Gasteiger partial charge in [-0.05, 0) is 17.7 Å². The zero-order valence-corrected chi connectivity index (χ0v) is 9.43. The van der Waals surface area contributed by atoms with Crippen molar-refractivity contribution >= 4 is 17.5 Å². The molecule has 0 unspecified atom stereocenters. The lowest BCUT2D eigenvalue weighted by molar-refractivity contribution is -0.117. The Morgan fingerprint density at radius 2 is 1.71 bits per heavy atom. The lowest BCUT2D eigenvalue weighted by Gasteiger charge is -2.22. The van der Waals surface area contributed by atoms with E-state index in [0.717, 1.165) is 5.56 Å². The van der Waals surface area contributed by atoms with Gasteiger partial charge in [0.25, 0.3) is 0 Å². The summed E-state index contributed by atoms with van der Waals surface area (Å²) in [5, 5.41) is 0. The zero-order chi connectivity index (χ0) is 12.8. The number of nitrogens with zero attached hydrogens (tertiary/aromatic N) is 1. The van der Waals surface area contributed by atoms with Crippen LogP contribution in [-0.4, -0.2) is 24.9 Å². The molecule has 0 aliphatic heterocycles. The first-order valence-corrected chi connectivity index (χ1v) is 5.13. The predicted molar refractivity (Wildman–Crippen MR) is 64.9 cm³/mol. The first-order chi connectivity index (χ1) is 8.02. The van der Waals surface area contributed by atoms with E-state index in [1.165, 1.54) is 4.90 Å². The van der Waals surface area contributed by atoms with Crippen LogP contribution in [-0.2, 0) is 16.1 Å². The fourth-order valence-corrected chi connectivity index (χ4v) is 1.49. The summed E-state index contributed by atoms with van der Waals surface area (Å²) in [5.74, 6) is -1.05. The molecule has 0 spiro atoms. The Labute approximate surface area is 99.4 Å². The molecular weight excluding hydrogens is 220 g/mol. The highest BCUT2D eigenvalue weighted by Crippen LogP contribution is 2.15. The number of carbonyl (C=O) groups excluding carboxylic acids is 2. The summed E-state index contributed by atoms with van der Waals surface area (Å²) in [4.78, 5) is 23.4. The summed E-state index contributed by atoms with van der Waals surface area (Å²) in [6, 6.07) is 7.22. The number of anilines is 1. The highest BCUT2D eigenvalue weighted by atomic mass is 16.2. The molecule has 0 radical (unpaired) electrons. The molecule has 1 aromatic rings. The van der Waals surface area contributed by atoms with Gasteiger partial charge in [-0.25, -0.2) is 0 Å². The minimum Gasteiger partial charge on any atom is -0.368 e. The molecule has 1 aromatic carbocycles. The summed E-state index contributed by atoms with van der Waals surface area (Å²) in [5.41, 5.74) is 17.4. The van der Waals surface area contributed by atoms with E-state index in [9.17, 15) is 9.59 Å². The molecule has 0 saturated heterocycles. The van der Waals surface area contributed by atoms with Gasteiger partial charge in [0.15, 0.2) is 0 Å². The van der Waals surface area contributed by atoms with E-state index in [2.05, 4.69) is 0 Å². The SMILES string of the molecule is NCc1cccc(N(CC(N)=O)CC(N)=O)c1. The van der Waals surface area contributed by atoms with E-state index < -0.39 is 11.8 Å². The normalized spacial score (nSPS) is 9.94. The zero-order valence-electron chi connectivity index (χ0n) is 9.43. The topological polar surface area (TPSA) is 115 Å². The molecule has 6 nitrogen and oxygen atoms in total. The average molecular weight is 236 g/mol. The molecule has 0 aliphatic rings. The Hall–Kier alpha value is -2.08. The molecule has 0 atom stereocenters. The Balaban J connectivity index is 2.94. The molecule has 92 valence electrons. The second kappa shape index (κ2) is 5.86. The maximum Gasteiger partial charge on any atom is 0.236 e. The van der Waals surface area contributed by atoms with Crippen LogP contribution >= 0.6 is 0 Å². The van der Waals surface area contributed by atoms with Gasteiger partial charge in [-0.15, -0.1) is 0 Å². The molecule has 0 aromatic heterocycles. The molecular formula is C11H16N4O2. The third kappa shape index (κ3) is 4.12. The van der Waals surface area contributed by atoms with Crippen molar-refractivity contribution < 1.29 is 9.59 Å². The molecule has 0 heterocycles. The summed E-state index contributed by atoms with van der Waals surface area (Å²) < 4.78 is 0. The summed E-state index contributed by atoms with van der Waals surface area (Å²) >= 11 is 0. The van der Waals surface area contributed by atoms with Crippen molar-refractivity contribution in [2.24, 2.45) is 17.2 Å². The van der Waals surface area contributed by atoms with Crippen LogP contribution in [0.1, 0.15) is 5.56 Å². The summed E-state index contributed by atoms with van der Waals surface area (Å²) in [6.45, 7) is 0.267. The van der Waals surface area contributed by atoms with Gasteiger partial charge in [0.05, 0.1) is 13.1 Å². The van der Waals surface area contributed by atoms with Gasteiger partial charge in [0.2, 0.25) is 11.8 Å². The smallest absolute Gasteiger partial charge is 0.236 e.